The predicted octanol–water partition coefficient (Wildman–Crippen LogP) is 2.65. The highest BCUT2D eigenvalue weighted by Crippen LogP contribution is 2.18. The summed E-state index contributed by atoms with van der Waals surface area (Å²) in [6, 6.07) is 8.10. The largest absolute Gasteiger partial charge is 0.387 e. The summed E-state index contributed by atoms with van der Waals surface area (Å²) in [6.45, 7) is 4.13. The molecule has 0 aliphatic heterocycles. The summed E-state index contributed by atoms with van der Waals surface area (Å²) < 4.78 is 0. The SMILES string of the molecule is CCC(N)=Nc1ccccc1CC. The number of hydrogen-bond acceptors (Lipinski definition) is 1. The fraction of sp³-hybridized carbons (Fsp3) is 0.364. The zero-order chi connectivity index (χ0) is 9.68. The van der Waals surface area contributed by atoms with Gasteiger partial charge in [0, 0.05) is 6.42 Å². The maximum absolute atomic E-state index is 5.68. The van der Waals surface area contributed by atoms with Gasteiger partial charge in [-0.2, -0.15) is 0 Å². The van der Waals surface area contributed by atoms with Crippen molar-refractivity contribution in [3.05, 3.63) is 29.8 Å². The van der Waals surface area contributed by atoms with Crippen LogP contribution in [0.5, 0.6) is 0 Å². The Morgan fingerprint density at radius 1 is 1.31 bits per heavy atom. The third kappa shape index (κ3) is 2.58. The Balaban J connectivity index is 2.99. The van der Waals surface area contributed by atoms with E-state index in [1.807, 2.05) is 25.1 Å². The molecule has 1 aromatic carbocycles. The van der Waals surface area contributed by atoms with Crippen LogP contribution in [0, 0.1) is 0 Å². The second kappa shape index (κ2) is 4.65. The van der Waals surface area contributed by atoms with Crippen molar-refractivity contribution in [3.8, 4) is 0 Å². The van der Waals surface area contributed by atoms with Crippen molar-refractivity contribution in [2.45, 2.75) is 26.7 Å². The van der Waals surface area contributed by atoms with Crippen LogP contribution in [0.2, 0.25) is 0 Å². The molecule has 0 amide bonds. The average molecular weight is 176 g/mol. The standard InChI is InChI=1S/C11H16N2/c1-3-9-7-5-6-8-10(9)13-11(12)4-2/h5-8H,3-4H2,1-2H3,(H2,12,13). The van der Waals surface area contributed by atoms with Crippen LogP contribution in [-0.4, -0.2) is 5.84 Å². The molecular weight excluding hydrogens is 160 g/mol. The summed E-state index contributed by atoms with van der Waals surface area (Å²) in [5, 5.41) is 0. The number of amidine groups is 1. The molecule has 0 spiro atoms. The van der Waals surface area contributed by atoms with Crippen LogP contribution >= 0.6 is 0 Å². The molecule has 0 heterocycles. The van der Waals surface area contributed by atoms with E-state index in [0.717, 1.165) is 18.5 Å². The Labute approximate surface area is 79.5 Å². The molecule has 70 valence electrons. The smallest absolute Gasteiger partial charge is 0.0993 e. The minimum absolute atomic E-state index is 0.695. The lowest BCUT2D eigenvalue weighted by atomic mass is 10.1. The van der Waals surface area contributed by atoms with Crippen LogP contribution in [0.1, 0.15) is 25.8 Å². The molecule has 0 saturated carbocycles. The van der Waals surface area contributed by atoms with E-state index < -0.39 is 0 Å². The number of para-hydroxylation sites is 1. The molecule has 13 heavy (non-hydrogen) atoms. The van der Waals surface area contributed by atoms with Crippen LogP contribution < -0.4 is 5.73 Å². The van der Waals surface area contributed by atoms with Gasteiger partial charge in [0.25, 0.3) is 0 Å². The van der Waals surface area contributed by atoms with E-state index >= 15 is 0 Å². The summed E-state index contributed by atoms with van der Waals surface area (Å²) in [5.74, 6) is 0.695. The van der Waals surface area contributed by atoms with Crippen molar-refractivity contribution in [1.29, 1.82) is 0 Å². The minimum atomic E-state index is 0.695. The van der Waals surface area contributed by atoms with E-state index in [2.05, 4.69) is 18.0 Å². The molecule has 0 unspecified atom stereocenters. The van der Waals surface area contributed by atoms with Gasteiger partial charge in [0.15, 0.2) is 0 Å². The van der Waals surface area contributed by atoms with E-state index in [9.17, 15) is 0 Å². The Morgan fingerprint density at radius 3 is 2.62 bits per heavy atom. The van der Waals surface area contributed by atoms with Crippen LogP contribution in [0.3, 0.4) is 0 Å². The lowest BCUT2D eigenvalue weighted by Crippen LogP contribution is -2.08. The summed E-state index contributed by atoms with van der Waals surface area (Å²) >= 11 is 0. The molecule has 2 nitrogen and oxygen atoms in total. The molecule has 0 aromatic heterocycles. The van der Waals surface area contributed by atoms with E-state index in [1.54, 1.807) is 0 Å². The molecule has 1 aromatic rings. The molecule has 2 N–H and O–H groups in total. The molecule has 0 aliphatic carbocycles. The van der Waals surface area contributed by atoms with Gasteiger partial charge in [-0.1, -0.05) is 32.0 Å². The first-order valence-electron chi connectivity index (χ1n) is 4.68. The number of hydrogen-bond donors (Lipinski definition) is 1. The average Bonchev–Trinajstić information content (AvgIpc) is 2.18. The Kier molecular flexibility index (Phi) is 3.50. The van der Waals surface area contributed by atoms with Crippen molar-refractivity contribution in [2.75, 3.05) is 0 Å². The van der Waals surface area contributed by atoms with Crippen molar-refractivity contribution in [3.63, 3.8) is 0 Å². The lowest BCUT2D eigenvalue weighted by molar-refractivity contribution is 1.13. The third-order valence-electron chi connectivity index (χ3n) is 2.00. The second-order valence-electron chi connectivity index (χ2n) is 2.94. The topological polar surface area (TPSA) is 38.4 Å². The number of aryl methyl sites for hydroxylation is 1. The van der Waals surface area contributed by atoms with Crippen molar-refractivity contribution in [1.82, 2.24) is 0 Å². The molecule has 1 rings (SSSR count). The van der Waals surface area contributed by atoms with Crippen molar-refractivity contribution < 1.29 is 0 Å². The van der Waals surface area contributed by atoms with Gasteiger partial charge in [-0.15, -0.1) is 0 Å². The number of aliphatic imine (C=N–C) groups is 1. The van der Waals surface area contributed by atoms with Crippen LogP contribution in [-0.2, 0) is 6.42 Å². The zero-order valence-corrected chi connectivity index (χ0v) is 8.25. The zero-order valence-electron chi connectivity index (χ0n) is 8.25. The predicted molar refractivity (Wildman–Crippen MR) is 57.4 cm³/mol. The van der Waals surface area contributed by atoms with Crippen LogP contribution in [0.15, 0.2) is 29.3 Å². The highest BCUT2D eigenvalue weighted by atomic mass is 14.9. The highest BCUT2D eigenvalue weighted by molar-refractivity contribution is 5.83. The van der Waals surface area contributed by atoms with E-state index in [1.165, 1.54) is 5.56 Å². The van der Waals surface area contributed by atoms with E-state index in [4.69, 9.17) is 5.73 Å². The lowest BCUT2D eigenvalue weighted by Gasteiger charge is -2.02. The highest BCUT2D eigenvalue weighted by Gasteiger charge is 1.97. The Hall–Kier alpha value is -1.31. The van der Waals surface area contributed by atoms with Gasteiger partial charge in [0.05, 0.1) is 11.5 Å². The van der Waals surface area contributed by atoms with Gasteiger partial charge in [-0.3, -0.25) is 0 Å². The molecular formula is C11H16N2. The summed E-state index contributed by atoms with van der Waals surface area (Å²) in [4.78, 5) is 4.34. The number of nitrogens with two attached hydrogens (primary N) is 1. The Bertz CT molecular complexity index is 303. The normalized spacial score (nSPS) is 11.7. The van der Waals surface area contributed by atoms with Gasteiger partial charge in [-0.05, 0) is 18.1 Å². The minimum Gasteiger partial charge on any atom is -0.387 e. The number of benzene rings is 1. The first-order valence-corrected chi connectivity index (χ1v) is 4.68. The van der Waals surface area contributed by atoms with Gasteiger partial charge in [0.1, 0.15) is 0 Å². The monoisotopic (exact) mass is 176 g/mol. The fourth-order valence-corrected chi connectivity index (χ4v) is 1.15. The van der Waals surface area contributed by atoms with Gasteiger partial charge in [0.2, 0.25) is 0 Å². The van der Waals surface area contributed by atoms with Gasteiger partial charge in [-0.25, -0.2) is 4.99 Å². The third-order valence-corrected chi connectivity index (χ3v) is 2.00. The van der Waals surface area contributed by atoms with Crippen molar-refractivity contribution >= 4 is 11.5 Å². The van der Waals surface area contributed by atoms with Gasteiger partial charge >= 0.3 is 0 Å². The molecule has 0 radical (unpaired) electrons. The van der Waals surface area contributed by atoms with Crippen LogP contribution in [0.4, 0.5) is 5.69 Å². The molecule has 0 saturated heterocycles. The molecule has 2 heteroatoms. The maximum Gasteiger partial charge on any atom is 0.0993 e. The number of nitrogens with zero attached hydrogens (tertiary/aromatic N) is 1. The Morgan fingerprint density at radius 2 is 2.00 bits per heavy atom. The van der Waals surface area contributed by atoms with Gasteiger partial charge < -0.3 is 5.73 Å². The molecule has 0 atom stereocenters. The maximum atomic E-state index is 5.68. The second-order valence-corrected chi connectivity index (χ2v) is 2.94. The number of rotatable bonds is 3. The summed E-state index contributed by atoms with van der Waals surface area (Å²) in [5.41, 5.74) is 7.93. The van der Waals surface area contributed by atoms with E-state index in [0.29, 0.717) is 5.84 Å². The summed E-state index contributed by atoms with van der Waals surface area (Å²) in [6.07, 6.45) is 1.80. The van der Waals surface area contributed by atoms with Crippen molar-refractivity contribution in [2.24, 2.45) is 10.7 Å². The molecule has 0 bridgehead atoms. The quantitative estimate of drug-likeness (QED) is 0.558. The first kappa shape index (κ1) is 9.78. The van der Waals surface area contributed by atoms with E-state index in [-0.39, 0.29) is 0 Å². The summed E-state index contributed by atoms with van der Waals surface area (Å²) in [7, 11) is 0. The molecule has 0 fully saturated rings. The fourth-order valence-electron chi connectivity index (χ4n) is 1.15. The molecule has 0 aliphatic rings. The van der Waals surface area contributed by atoms with Crippen LogP contribution in [0.25, 0.3) is 0 Å². The first-order chi connectivity index (χ1) is 6.27.